The number of nitrogens with zero attached hydrogens (tertiary/aromatic N) is 7. The molecule has 57 heavy (non-hydrogen) atoms. The fourth-order valence-electron chi connectivity index (χ4n) is 8.36. The number of imide groups is 1. The summed E-state index contributed by atoms with van der Waals surface area (Å²) in [6, 6.07) is 17.0. The highest BCUT2D eigenvalue weighted by molar-refractivity contribution is 6.06. The predicted molar refractivity (Wildman–Crippen MR) is 214 cm³/mol. The van der Waals surface area contributed by atoms with Gasteiger partial charge in [-0.1, -0.05) is 31.2 Å². The molecule has 4 aliphatic rings. The van der Waals surface area contributed by atoms with Crippen molar-refractivity contribution in [3.05, 3.63) is 95.3 Å². The molecular weight excluding hydrogens is 723 g/mol. The number of rotatable bonds is 6. The molecule has 14 nitrogen and oxygen atoms in total. The second-order valence-electron chi connectivity index (χ2n) is 14.8. The van der Waals surface area contributed by atoms with Crippen LogP contribution in [0, 0.1) is 0 Å². The summed E-state index contributed by atoms with van der Waals surface area (Å²) in [4.78, 5) is 79.7. The standard InChI is InChI=1S/C26H26N6O2.C17H19N3O3/c1-4-24-30-25(23-15-31(16(2)33)10-11-32(23)24)19-7-5-6-17-12-22(29-14-20(17)19)18-8-9-21(28-13-18)26(34)27-3;21-15-7-6-14(16(22)18-15)20-10-12-11(17(20)23)4-3-5-13(12)19-8-1-2-9-19/h5-9,12-14H,4,10-11,15H2,1-3H3,(H,27,34);3-5,14H,1-2,6-10H2,(H,18,21,22). The highest BCUT2D eigenvalue weighted by Gasteiger charge is 2.40. The molecule has 0 spiro atoms. The van der Waals surface area contributed by atoms with Gasteiger partial charge in [0.25, 0.3) is 11.8 Å². The van der Waals surface area contributed by atoms with Crippen LogP contribution in [0.2, 0.25) is 0 Å². The molecule has 14 heteroatoms. The molecule has 1 unspecified atom stereocenters. The van der Waals surface area contributed by atoms with Crippen LogP contribution in [0.4, 0.5) is 5.69 Å². The molecule has 9 rings (SSSR count). The number of carbonyl (C=O) groups excluding carboxylic acids is 5. The van der Waals surface area contributed by atoms with Crippen molar-refractivity contribution in [1.82, 2.24) is 40.0 Å². The SMILES string of the molecule is CCc1nc(-c2cccc3cc(-c4ccc(C(=O)NC)nc4)ncc23)c2n1CCN(C(C)=O)C2.O=C1CCC(N2Cc3c(cccc3N3CCCC3)C2=O)C(=O)N1. The minimum absolute atomic E-state index is 0.0803. The number of pyridine rings is 2. The van der Waals surface area contributed by atoms with Gasteiger partial charge in [0, 0.05) is 105 Å². The second kappa shape index (κ2) is 15.6. The number of fused-ring (bicyclic) bond motifs is 3. The second-order valence-corrected chi connectivity index (χ2v) is 14.8. The van der Waals surface area contributed by atoms with Crippen LogP contribution in [-0.4, -0.2) is 91.6 Å². The molecule has 3 aromatic heterocycles. The number of carbonyl (C=O) groups is 5. The van der Waals surface area contributed by atoms with Gasteiger partial charge in [-0.15, -0.1) is 0 Å². The zero-order valence-corrected chi connectivity index (χ0v) is 32.4. The quantitative estimate of drug-likeness (QED) is 0.237. The Morgan fingerprint density at radius 3 is 2.42 bits per heavy atom. The Balaban J connectivity index is 0.000000172. The van der Waals surface area contributed by atoms with Gasteiger partial charge in [-0.2, -0.15) is 0 Å². The summed E-state index contributed by atoms with van der Waals surface area (Å²) in [5.74, 6) is 0.184. The fourth-order valence-corrected chi connectivity index (χ4v) is 8.36. The number of anilines is 1. The summed E-state index contributed by atoms with van der Waals surface area (Å²) in [6.07, 6.45) is 7.41. The van der Waals surface area contributed by atoms with Gasteiger partial charge in [0.1, 0.15) is 17.6 Å². The maximum Gasteiger partial charge on any atom is 0.269 e. The molecule has 0 bridgehead atoms. The minimum atomic E-state index is -0.543. The molecule has 0 radical (unpaired) electrons. The lowest BCUT2D eigenvalue weighted by Gasteiger charge is -2.29. The third-order valence-corrected chi connectivity index (χ3v) is 11.4. The summed E-state index contributed by atoms with van der Waals surface area (Å²) >= 11 is 0. The van der Waals surface area contributed by atoms with Gasteiger partial charge in [-0.05, 0) is 55.0 Å². The Morgan fingerprint density at radius 1 is 0.912 bits per heavy atom. The van der Waals surface area contributed by atoms with Gasteiger partial charge in [-0.3, -0.25) is 39.3 Å². The third-order valence-electron chi connectivity index (χ3n) is 11.4. The van der Waals surface area contributed by atoms with Crippen molar-refractivity contribution in [3.8, 4) is 22.5 Å². The van der Waals surface area contributed by atoms with Gasteiger partial charge < -0.3 is 24.6 Å². The first-order chi connectivity index (χ1) is 27.6. The molecule has 2 N–H and O–H groups in total. The maximum atomic E-state index is 12.7. The molecule has 5 aromatic rings. The smallest absolute Gasteiger partial charge is 0.269 e. The molecule has 1 atom stereocenters. The highest BCUT2D eigenvalue weighted by atomic mass is 16.2. The van der Waals surface area contributed by atoms with E-state index >= 15 is 0 Å². The molecular formula is C43H45N9O5. The lowest BCUT2D eigenvalue weighted by atomic mass is 10.0. The van der Waals surface area contributed by atoms with Gasteiger partial charge in [-0.25, -0.2) is 4.98 Å². The molecule has 2 fully saturated rings. The number of hydrogen-bond donors (Lipinski definition) is 2. The van der Waals surface area contributed by atoms with E-state index < -0.39 is 6.04 Å². The normalized spacial score (nSPS) is 17.6. The van der Waals surface area contributed by atoms with E-state index in [-0.39, 0.29) is 36.0 Å². The van der Waals surface area contributed by atoms with Crippen LogP contribution in [0.5, 0.6) is 0 Å². The molecule has 0 aliphatic carbocycles. The predicted octanol–water partition coefficient (Wildman–Crippen LogP) is 4.49. The first-order valence-corrected chi connectivity index (χ1v) is 19.6. The van der Waals surface area contributed by atoms with E-state index in [1.165, 1.54) is 12.8 Å². The summed E-state index contributed by atoms with van der Waals surface area (Å²) in [7, 11) is 1.58. The molecule has 2 aromatic carbocycles. The monoisotopic (exact) mass is 767 g/mol. The molecule has 4 aliphatic heterocycles. The van der Waals surface area contributed by atoms with Crippen LogP contribution in [-0.2, 0) is 40.4 Å². The van der Waals surface area contributed by atoms with E-state index in [1.54, 1.807) is 31.1 Å². The van der Waals surface area contributed by atoms with Gasteiger partial charge in [0.2, 0.25) is 17.7 Å². The summed E-state index contributed by atoms with van der Waals surface area (Å²) in [5, 5.41) is 6.96. The lowest BCUT2D eigenvalue weighted by Crippen LogP contribution is -2.52. The van der Waals surface area contributed by atoms with Crippen molar-refractivity contribution >= 4 is 46.0 Å². The van der Waals surface area contributed by atoms with Crippen LogP contribution in [0.3, 0.4) is 0 Å². The van der Waals surface area contributed by atoms with Crippen LogP contribution in [0.15, 0.2) is 67.0 Å². The summed E-state index contributed by atoms with van der Waals surface area (Å²) in [5.41, 5.74) is 7.81. The fraction of sp³-hybridized carbons (Fsp3) is 0.349. The Hall–Kier alpha value is -6.44. The lowest BCUT2D eigenvalue weighted by molar-refractivity contribution is -0.137. The number of nitrogens with one attached hydrogen (secondary N) is 2. The van der Waals surface area contributed by atoms with Crippen molar-refractivity contribution in [2.24, 2.45) is 0 Å². The van der Waals surface area contributed by atoms with Crippen molar-refractivity contribution in [2.45, 2.75) is 71.6 Å². The average Bonchev–Trinajstić information content (AvgIpc) is 3.98. The third kappa shape index (κ3) is 7.11. The Labute approximate surface area is 330 Å². The number of imidazole rings is 1. The molecule has 7 heterocycles. The Kier molecular flexibility index (Phi) is 10.3. The average molecular weight is 768 g/mol. The number of aryl methyl sites for hydroxylation is 1. The number of piperidine rings is 1. The van der Waals surface area contributed by atoms with E-state index in [9.17, 15) is 24.0 Å². The van der Waals surface area contributed by atoms with E-state index in [2.05, 4.69) is 50.2 Å². The Bertz CT molecular complexity index is 2420. The number of benzene rings is 2. The summed E-state index contributed by atoms with van der Waals surface area (Å²) in [6.45, 7) is 8.24. The van der Waals surface area contributed by atoms with E-state index in [1.807, 2.05) is 41.4 Å². The van der Waals surface area contributed by atoms with Crippen LogP contribution < -0.4 is 15.5 Å². The summed E-state index contributed by atoms with van der Waals surface area (Å²) < 4.78 is 2.26. The topological polar surface area (TPSA) is 163 Å². The first kappa shape index (κ1) is 37.5. The first-order valence-electron chi connectivity index (χ1n) is 19.6. The molecule has 292 valence electrons. The van der Waals surface area contributed by atoms with Crippen molar-refractivity contribution < 1.29 is 24.0 Å². The molecule has 2 saturated heterocycles. The molecule has 5 amide bonds. The van der Waals surface area contributed by atoms with E-state index in [0.29, 0.717) is 37.3 Å². The number of hydrogen-bond acceptors (Lipinski definition) is 9. The van der Waals surface area contributed by atoms with Crippen molar-refractivity contribution in [1.29, 1.82) is 0 Å². The van der Waals surface area contributed by atoms with Gasteiger partial charge >= 0.3 is 0 Å². The van der Waals surface area contributed by atoms with Crippen LogP contribution in [0.25, 0.3) is 33.3 Å². The zero-order chi connectivity index (χ0) is 39.8. The number of aromatic nitrogens is 4. The van der Waals surface area contributed by atoms with Gasteiger partial charge in [0.15, 0.2) is 0 Å². The number of amides is 5. The van der Waals surface area contributed by atoms with E-state index in [4.69, 9.17) is 9.97 Å². The Morgan fingerprint density at radius 2 is 1.70 bits per heavy atom. The zero-order valence-electron chi connectivity index (χ0n) is 32.4. The van der Waals surface area contributed by atoms with Crippen molar-refractivity contribution in [3.63, 3.8) is 0 Å². The van der Waals surface area contributed by atoms with Crippen LogP contribution >= 0.6 is 0 Å². The van der Waals surface area contributed by atoms with Crippen molar-refractivity contribution in [2.75, 3.05) is 31.6 Å². The molecule has 0 saturated carbocycles. The largest absolute Gasteiger partial charge is 0.371 e. The van der Waals surface area contributed by atoms with Gasteiger partial charge in [0.05, 0.1) is 23.6 Å². The minimum Gasteiger partial charge on any atom is -0.371 e. The van der Waals surface area contributed by atoms with E-state index in [0.717, 1.165) is 82.1 Å². The maximum absolute atomic E-state index is 12.7. The highest BCUT2D eigenvalue weighted by Crippen LogP contribution is 2.36. The van der Waals surface area contributed by atoms with Crippen LogP contribution in [0.1, 0.15) is 77.5 Å².